The second-order valence-corrected chi connectivity index (χ2v) is 7.18. The molecule has 6 heteroatoms. The quantitative estimate of drug-likeness (QED) is 0.392. The van der Waals surface area contributed by atoms with Gasteiger partial charge in [-0.2, -0.15) is 0 Å². The van der Waals surface area contributed by atoms with Crippen molar-refractivity contribution < 1.29 is 17.3 Å². The maximum atomic E-state index is 9.75. The standard InChI is InChI=1S/C21H24N.BF4/c1-4-10-16(11-5-1)19-20(17-12-6-2-7-13-17)21(19)22-18-14-8-3-9-15-18;2-1(3,4)5/h1-2,4-7,10-13,18-19,21-22H,3,8-9,14-15H2;/q+1;-1. The Hall–Kier alpha value is -1.95. The van der Waals surface area contributed by atoms with Crippen LogP contribution in [-0.4, -0.2) is 19.3 Å². The fraction of sp³-hybridized carbons (Fsp3) is 0.381. The lowest BCUT2D eigenvalue weighted by atomic mass is 9.95. The number of halogens is 4. The number of hydrogen-bond donors (Lipinski definition) is 1. The van der Waals surface area contributed by atoms with Crippen molar-refractivity contribution in [1.82, 2.24) is 5.32 Å². The molecular formula is C21H24BF4N. The molecule has 2 aliphatic rings. The number of benzene rings is 2. The highest BCUT2D eigenvalue weighted by molar-refractivity contribution is 6.50. The molecule has 1 nitrogen and oxygen atoms in total. The summed E-state index contributed by atoms with van der Waals surface area (Å²) in [5.74, 6) is 2.14. The average molecular weight is 377 g/mol. The molecule has 2 unspecified atom stereocenters. The van der Waals surface area contributed by atoms with Crippen molar-refractivity contribution in [1.29, 1.82) is 0 Å². The Morgan fingerprint density at radius 2 is 1.30 bits per heavy atom. The van der Waals surface area contributed by atoms with Gasteiger partial charge in [0.2, 0.25) is 0 Å². The summed E-state index contributed by atoms with van der Waals surface area (Å²) in [6, 6.07) is 23.2. The van der Waals surface area contributed by atoms with E-state index < -0.39 is 7.25 Å². The first-order valence-electron chi connectivity index (χ1n) is 9.54. The van der Waals surface area contributed by atoms with Crippen LogP contribution in [0.25, 0.3) is 0 Å². The van der Waals surface area contributed by atoms with E-state index in [9.17, 15) is 17.3 Å². The van der Waals surface area contributed by atoms with E-state index in [1.165, 1.54) is 43.2 Å². The van der Waals surface area contributed by atoms with Gasteiger partial charge in [-0.1, -0.05) is 49.6 Å². The van der Waals surface area contributed by atoms with Crippen LogP contribution in [0, 0.1) is 5.92 Å². The van der Waals surface area contributed by atoms with Crippen molar-refractivity contribution >= 4 is 7.25 Å². The maximum Gasteiger partial charge on any atom is 0.673 e. The minimum Gasteiger partial charge on any atom is -0.418 e. The third-order valence-corrected chi connectivity index (χ3v) is 5.18. The second-order valence-electron chi connectivity index (χ2n) is 7.18. The molecule has 0 spiro atoms. The van der Waals surface area contributed by atoms with Crippen LogP contribution >= 0.6 is 0 Å². The summed E-state index contributed by atoms with van der Waals surface area (Å²) in [7, 11) is -6.00. The van der Waals surface area contributed by atoms with Gasteiger partial charge in [0.1, 0.15) is 5.56 Å². The highest BCUT2D eigenvalue weighted by atomic mass is 19.5. The third kappa shape index (κ3) is 6.03. The van der Waals surface area contributed by atoms with Gasteiger partial charge < -0.3 is 17.3 Å². The summed E-state index contributed by atoms with van der Waals surface area (Å²) in [4.78, 5) is 0. The fourth-order valence-corrected chi connectivity index (χ4v) is 3.99. The zero-order valence-corrected chi connectivity index (χ0v) is 15.1. The highest BCUT2D eigenvalue weighted by Crippen LogP contribution is 2.54. The molecule has 144 valence electrons. The molecule has 1 N–H and O–H groups in total. The zero-order valence-electron chi connectivity index (χ0n) is 15.1. The zero-order chi connectivity index (χ0) is 19.3. The Kier molecular flexibility index (Phi) is 6.48. The molecule has 0 aromatic heterocycles. The summed E-state index contributed by atoms with van der Waals surface area (Å²) in [5.41, 5.74) is 2.86. The van der Waals surface area contributed by atoms with E-state index in [0.717, 1.165) is 0 Å². The topological polar surface area (TPSA) is 12.0 Å². The highest BCUT2D eigenvalue weighted by Gasteiger charge is 2.58. The van der Waals surface area contributed by atoms with Crippen LogP contribution < -0.4 is 5.32 Å². The normalized spacial score (nSPS) is 22.7. The Morgan fingerprint density at radius 3 is 1.85 bits per heavy atom. The molecule has 2 atom stereocenters. The summed E-state index contributed by atoms with van der Waals surface area (Å²) < 4.78 is 39.0. The van der Waals surface area contributed by atoms with E-state index in [-0.39, 0.29) is 0 Å². The van der Waals surface area contributed by atoms with Gasteiger partial charge in [0.15, 0.2) is 0 Å². The van der Waals surface area contributed by atoms with Crippen molar-refractivity contribution in [3.8, 4) is 0 Å². The predicted octanol–water partition coefficient (Wildman–Crippen LogP) is 6.00. The summed E-state index contributed by atoms with van der Waals surface area (Å²) in [6.45, 7) is 0. The van der Waals surface area contributed by atoms with Gasteiger partial charge in [0, 0.05) is 18.2 Å². The smallest absolute Gasteiger partial charge is 0.418 e. The number of nitrogens with one attached hydrogen (secondary N) is 1. The molecule has 0 saturated heterocycles. The molecule has 0 aliphatic heterocycles. The number of rotatable bonds is 4. The van der Waals surface area contributed by atoms with Gasteiger partial charge in [-0.05, 0) is 36.6 Å². The van der Waals surface area contributed by atoms with Gasteiger partial charge in [-0.15, -0.1) is 0 Å². The molecule has 27 heavy (non-hydrogen) atoms. The predicted molar refractivity (Wildman–Crippen MR) is 102 cm³/mol. The molecule has 4 rings (SSSR count). The first-order valence-corrected chi connectivity index (χ1v) is 9.54. The molecule has 2 saturated carbocycles. The Bertz CT molecular complexity index is 635. The van der Waals surface area contributed by atoms with Crippen LogP contribution in [-0.2, 0) is 0 Å². The summed E-state index contributed by atoms with van der Waals surface area (Å²) in [5, 5.41) is 3.95. The molecule has 2 fully saturated rings. The minimum absolute atomic E-state index is 0.535. The largest absolute Gasteiger partial charge is 0.673 e. The van der Waals surface area contributed by atoms with Crippen LogP contribution in [0.3, 0.4) is 0 Å². The van der Waals surface area contributed by atoms with Crippen LogP contribution in [0.1, 0.15) is 49.1 Å². The van der Waals surface area contributed by atoms with Crippen molar-refractivity contribution in [3.63, 3.8) is 0 Å². The van der Waals surface area contributed by atoms with E-state index in [1.807, 2.05) is 0 Å². The fourth-order valence-electron chi connectivity index (χ4n) is 3.99. The Morgan fingerprint density at radius 1 is 0.778 bits per heavy atom. The lowest BCUT2D eigenvalue weighted by Gasteiger charge is -2.22. The Balaban J connectivity index is 0.000000376. The molecule has 0 amide bonds. The molecular weight excluding hydrogens is 353 g/mol. The van der Waals surface area contributed by atoms with Crippen LogP contribution in [0.15, 0.2) is 60.7 Å². The maximum absolute atomic E-state index is 9.75. The van der Waals surface area contributed by atoms with Crippen molar-refractivity contribution in [2.45, 2.75) is 50.1 Å². The number of hydrogen-bond acceptors (Lipinski definition) is 1. The van der Waals surface area contributed by atoms with E-state index in [1.54, 1.807) is 5.92 Å². The van der Waals surface area contributed by atoms with Gasteiger partial charge in [0.05, 0.1) is 17.9 Å². The van der Waals surface area contributed by atoms with Crippen molar-refractivity contribution in [2.24, 2.45) is 0 Å². The summed E-state index contributed by atoms with van der Waals surface area (Å²) in [6.07, 6.45) is 6.89. The van der Waals surface area contributed by atoms with Gasteiger partial charge >= 0.3 is 7.25 Å². The SMILES string of the molecule is F[B-](F)(F)F.c1ccc([C+]2C(NC3CCCCC3)C2c2ccccc2)cc1. The minimum atomic E-state index is -6.00. The average Bonchev–Trinajstić information content (AvgIpc) is 3.36. The van der Waals surface area contributed by atoms with Crippen molar-refractivity contribution in [3.05, 3.63) is 77.7 Å². The first-order chi connectivity index (χ1) is 12.9. The second kappa shape index (κ2) is 8.83. The van der Waals surface area contributed by atoms with Crippen LogP contribution in [0.4, 0.5) is 17.3 Å². The molecule has 0 radical (unpaired) electrons. The molecule has 0 heterocycles. The summed E-state index contributed by atoms with van der Waals surface area (Å²) >= 11 is 0. The van der Waals surface area contributed by atoms with Crippen molar-refractivity contribution in [2.75, 3.05) is 0 Å². The first kappa shape index (κ1) is 19.8. The molecule has 2 aromatic rings. The van der Waals surface area contributed by atoms with Crippen LogP contribution in [0.2, 0.25) is 0 Å². The molecule has 2 aromatic carbocycles. The van der Waals surface area contributed by atoms with E-state index >= 15 is 0 Å². The van der Waals surface area contributed by atoms with E-state index in [2.05, 4.69) is 66.0 Å². The van der Waals surface area contributed by atoms with E-state index in [4.69, 9.17) is 0 Å². The molecule has 0 bridgehead atoms. The third-order valence-electron chi connectivity index (χ3n) is 5.18. The lowest BCUT2D eigenvalue weighted by Crippen LogP contribution is -2.34. The Labute approximate surface area is 158 Å². The van der Waals surface area contributed by atoms with Crippen LogP contribution in [0.5, 0.6) is 0 Å². The van der Waals surface area contributed by atoms with Gasteiger partial charge in [0.25, 0.3) is 0 Å². The molecule has 2 aliphatic carbocycles. The van der Waals surface area contributed by atoms with E-state index in [0.29, 0.717) is 18.0 Å². The van der Waals surface area contributed by atoms with Gasteiger partial charge in [-0.25, -0.2) is 0 Å². The lowest BCUT2D eigenvalue weighted by molar-refractivity contribution is 0.368. The monoisotopic (exact) mass is 377 g/mol. The van der Waals surface area contributed by atoms with Gasteiger partial charge in [-0.3, -0.25) is 5.32 Å².